The van der Waals surface area contributed by atoms with E-state index in [9.17, 15) is 26.4 Å². The highest BCUT2D eigenvalue weighted by atomic mass is 32.2. The molecule has 0 heterocycles. The van der Waals surface area contributed by atoms with Gasteiger partial charge in [-0.15, -0.1) is 0 Å². The van der Waals surface area contributed by atoms with Gasteiger partial charge in [-0.3, -0.25) is 4.79 Å². The Labute approximate surface area is 106 Å². The van der Waals surface area contributed by atoms with Gasteiger partial charge in [0.2, 0.25) is 0 Å². The summed E-state index contributed by atoms with van der Waals surface area (Å²) < 4.78 is 60.2. The standard InChI is InChI=1S/C10H10F3NO4S/c11-10(12,13)6-1-3-7(4-2-6)19(17,18)5-8(14)9(15)16/h1-4,8H,5,14H2,(H,15,16). The maximum Gasteiger partial charge on any atom is 0.416 e. The first-order valence-corrected chi connectivity index (χ1v) is 6.57. The van der Waals surface area contributed by atoms with Crippen molar-refractivity contribution in [3.8, 4) is 0 Å². The van der Waals surface area contributed by atoms with Gasteiger partial charge in [-0.05, 0) is 24.3 Å². The number of carbonyl (C=O) groups is 1. The van der Waals surface area contributed by atoms with E-state index >= 15 is 0 Å². The molecule has 0 fully saturated rings. The zero-order valence-corrected chi connectivity index (χ0v) is 10.2. The lowest BCUT2D eigenvalue weighted by atomic mass is 10.2. The minimum Gasteiger partial charge on any atom is -0.480 e. The lowest BCUT2D eigenvalue weighted by molar-refractivity contribution is -0.138. The summed E-state index contributed by atoms with van der Waals surface area (Å²) in [5, 5.41) is 8.50. The van der Waals surface area contributed by atoms with E-state index in [1.165, 1.54) is 0 Å². The van der Waals surface area contributed by atoms with E-state index in [-0.39, 0.29) is 0 Å². The summed E-state index contributed by atoms with van der Waals surface area (Å²) in [6.45, 7) is 0. The molecule has 1 rings (SSSR count). The Bertz CT molecular complexity index is 565. The van der Waals surface area contributed by atoms with Crippen LogP contribution < -0.4 is 5.73 Å². The number of carboxylic acids is 1. The fraction of sp³-hybridized carbons (Fsp3) is 0.300. The number of benzene rings is 1. The SMILES string of the molecule is NC(CS(=O)(=O)c1ccc(C(F)(F)F)cc1)C(=O)O. The average molecular weight is 297 g/mol. The highest BCUT2D eigenvalue weighted by Gasteiger charge is 2.31. The topological polar surface area (TPSA) is 97.5 Å². The Hall–Kier alpha value is -1.61. The summed E-state index contributed by atoms with van der Waals surface area (Å²) in [6, 6.07) is 1.13. The zero-order valence-electron chi connectivity index (χ0n) is 9.39. The Morgan fingerprint density at radius 1 is 1.26 bits per heavy atom. The van der Waals surface area contributed by atoms with Crippen molar-refractivity contribution < 1.29 is 31.5 Å². The lowest BCUT2D eigenvalue weighted by Gasteiger charge is -2.10. The van der Waals surface area contributed by atoms with Gasteiger partial charge in [-0.25, -0.2) is 8.42 Å². The summed E-state index contributed by atoms with van der Waals surface area (Å²) in [6.07, 6.45) is -4.57. The lowest BCUT2D eigenvalue weighted by Crippen LogP contribution is -2.37. The van der Waals surface area contributed by atoms with E-state index in [1.54, 1.807) is 0 Å². The largest absolute Gasteiger partial charge is 0.480 e. The van der Waals surface area contributed by atoms with Crippen molar-refractivity contribution in [3.05, 3.63) is 29.8 Å². The number of hydrogen-bond acceptors (Lipinski definition) is 4. The smallest absolute Gasteiger partial charge is 0.416 e. The molecule has 0 saturated carbocycles. The molecule has 0 aromatic heterocycles. The molecular formula is C10H10F3NO4S. The van der Waals surface area contributed by atoms with Crippen LogP contribution in [-0.2, 0) is 20.8 Å². The quantitative estimate of drug-likeness (QED) is 0.860. The predicted octanol–water partition coefficient (Wildman–Crippen LogP) is 0.891. The molecule has 1 aromatic carbocycles. The van der Waals surface area contributed by atoms with Crippen molar-refractivity contribution in [1.29, 1.82) is 0 Å². The third-order valence-corrected chi connectivity index (χ3v) is 4.05. The Kier molecular flexibility index (Phi) is 4.21. The summed E-state index contributed by atoms with van der Waals surface area (Å²) >= 11 is 0. The van der Waals surface area contributed by atoms with Gasteiger partial charge >= 0.3 is 12.1 Å². The van der Waals surface area contributed by atoms with E-state index in [0.29, 0.717) is 12.1 Å². The van der Waals surface area contributed by atoms with Crippen molar-refractivity contribution in [3.63, 3.8) is 0 Å². The average Bonchev–Trinajstić information content (AvgIpc) is 2.27. The number of aliphatic carboxylic acids is 1. The third kappa shape index (κ3) is 3.93. The maximum atomic E-state index is 12.3. The first kappa shape index (κ1) is 15.4. The first-order valence-electron chi connectivity index (χ1n) is 4.92. The van der Waals surface area contributed by atoms with E-state index in [0.717, 1.165) is 12.1 Å². The van der Waals surface area contributed by atoms with Crippen LogP contribution in [0.4, 0.5) is 13.2 Å². The second-order valence-electron chi connectivity index (χ2n) is 3.75. The van der Waals surface area contributed by atoms with Crippen LogP contribution in [0.5, 0.6) is 0 Å². The summed E-state index contributed by atoms with van der Waals surface area (Å²) in [7, 11) is -4.04. The van der Waals surface area contributed by atoms with Crippen molar-refractivity contribution in [1.82, 2.24) is 0 Å². The molecule has 0 aliphatic rings. The van der Waals surface area contributed by atoms with Crippen LogP contribution in [0.15, 0.2) is 29.2 Å². The number of carboxylic acid groups (broad SMARTS) is 1. The predicted molar refractivity (Wildman–Crippen MR) is 59.1 cm³/mol. The molecular weight excluding hydrogens is 287 g/mol. The molecule has 0 saturated heterocycles. The fourth-order valence-corrected chi connectivity index (χ4v) is 2.61. The van der Waals surface area contributed by atoms with E-state index in [4.69, 9.17) is 10.8 Å². The Morgan fingerprint density at radius 3 is 2.11 bits per heavy atom. The van der Waals surface area contributed by atoms with Crippen LogP contribution in [-0.4, -0.2) is 31.3 Å². The van der Waals surface area contributed by atoms with Crippen LogP contribution >= 0.6 is 0 Å². The summed E-state index contributed by atoms with van der Waals surface area (Å²) in [5.41, 5.74) is 4.09. The normalized spacial score (nSPS) is 14.1. The van der Waals surface area contributed by atoms with Crippen molar-refractivity contribution in [2.75, 3.05) is 5.75 Å². The molecule has 1 unspecified atom stereocenters. The number of rotatable bonds is 4. The van der Waals surface area contributed by atoms with Gasteiger partial charge in [0.25, 0.3) is 0 Å². The first-order chi connectivity index (χ1) is 8.54. The number of sulfone groups is 1. The number of nitrogens with two attached hydrogens (primary N) is 1. The minimum absolute atomic E-state index is 0.405. The van der Waals surface area contributed by atoms with E-state index in [1.807, 2.05) is 0 Å². The molecule has 9 heteroatoms. The molecule has 0 aliphatic heterocycles. The number of alkyl halides is 3. The van der Waals surface area contributed by atoms with Gasteiger partial charge in [0, 0.05) is 0 Å². The van der Waals surface area contributed by atoms with E-state index in [2.05, 4.69) is 0 Å². The van der Waals surface area contributed by atoms with Gasteiger partial charge in [0.15, 0.2) is 9.84 Å². The molecule has 0 radical (unpaired) electrons. The molecule has 5 nitrogen and oxygen atoms in total. The van der Waals surface area contributed by atoms with Crippen LogP contribution in [0, 0.1) is 0 Å². The molecule has 0 aliphatic carbocycles. The number of hydrogen-bond donors (Lipinski definition) is 2. The molecule has 0 spiro atoms. The zero-order chi connectivity index (χ0) is 14.8. The fourth-order valence-electron chi connectivity index (χ4n) is 1.26. The maximum absolute atomic E-state index is 12.3. The number of halogens is 3. The second kappa shape index (κ2) is 5.17. The molecule has 1 aromatic rings. The van der Waals surface area contributed by atoms with Crippen molar-refractivity contribution in [2.45, 2.75) is 17.1 Å². The highest BCUT2D eigenvalue weighted by Crippen LogP contribution is 2.29. The monoisotopic (exact) mass is 297 g/mol. The summed E-state index contributed by atoms with van der Waals surface area (Å²) in [4.78, 5) is 10.1. The van der Waals surface area contributed by atoms with Crippen molar-refractivity contribution >= 4 is 15.8 Å². The molecule has 1 atom stereocenters. The molecule has 3 N–H and O–H groups in total. The minimum atomic E-state index is -4.57. The van der Waals surface area contributed by atoms with Crippen LogP contribution in [0.2, 0.25) is 0 Å². The third-order valence-electron chi connectivity index (χ3n) is 2.26. The molecule has 106 valence electrons. The molecule has 0 bridgehead atoms. The second-order valence-corrected chi connectivity index (χ2v) is 5.78. The van der Waals surface area contributed by atoms with Crippen LogP contribution in [0.3, 0.4) is 0 Å². The summed E-state index contributed by atoms with van der Waals surface area (Å²) in [5.74, 6) is -2.39. The van der Waals surface area contributed by atoms with Gasteiger partial charge in [0.05, 0.1) is 16.2 Å². The van der Waals surface area contributed by atoms with Crippen molar-refractivity contribution in [2.24, 2.45) is 5.73 Å². The van der Waals surface area contributed by atoms with Gasteiger partial charge < -0.3 is 10.8 Å². The highest BCUT2D eigenvalue weighted by molar-refractivity contribution is 7.91. The molecule has 19 heavy (non-hydrogen) atoms. The van der Waals surface area contributed by atoms with Crippen LogP contribution in [0.1, 0.15) is 5.56 Å². The Morgan fingerprint density at radius 2 is 1.74 bits per heavy atom. The Balaban J connectivity index is 3.01. The van der Waals surface area contributed by atoms with Crippen LogP contribution in [0.25, 0.3) is 0 Å². The van der Waals surface area contributed by atoms with E-state index < -0.39 is 44.2 Å². The van der Waals surface area contributed by atoms with Gasteiger partial charge in [0.1, 0.15) is 6.04 Å². The molecule has 0 amide bonds. The van der Waals surface area contributed by atoms with Gasteiger partial charge in [-0.1, -0.05) is 0 Å². The van der Waals surface area contributed by atoms with Gasteiger partial charge in [-0.2, -0.15) is 13.2 Å².